The second-order valence-electron chi connectivity index (χ2n) is 6.35. The smallest absolute Gasteiger partial charge is 0.274 e. The molecule has 3 rings (SSSR count). The number of anilines is 1. The van der Waals surface area contributed by atoms with Crippen molar-refractivity contribution >= 4 is 21.6 Å². The minimum atomic E-state index is -3.51. The van der Waals surface area contributed by atoms with E-state index in [0.29, 0.717) is 24.5 Å². The number of hydrogen-bond donors (Lipinski definition) is 1. The highest BCUT2D eigenvalue weighted by Crippen LogP contribution is 2.20. The molecule has 1 aliphatic heterocycles. The second-order valence-corrected chi connectivity index (χ2v) is 8.29. The molecule has 138 valence electrons. The SMILES string of the molecule is Cc1cccc(C(=O)Nc2ccc(S(=O)(=O)N3CCN(C)CC3)cc2)n1. The fourth-order valence-electron chi connectivity index (χ4n) is 2.75. The number of amides is 1. The molecule has 0 atom stereocenters. The van der Waals surface area contributed by atoms with E-state index in [2.05, 4.69) is 15.2 Å². The van der Waals surface area contributed by atoms with E-state index in [9.17, 15) is 13.2 Å². The first kappa shape index (κ1) is 18.5. The fourth-order valence-corrected chi connectivity index (χ4v) is 4.17. The average molecular weight is 374 g/mol. The molecule has 1 aliphatic rings. The summed E-state index contributed by atoms with van der Waals surface area (Å²) in [5.74, 6) is -0.330. The molecule has 2 heterocycles. The summed E-state index contributed by atoms with van der Waals surface area (Å²) in [7, 11) is -1.53. The zero-order chi connectivity index (χ0) is 18.7. The van der Waals surface area contributed by atoms with Crippen LogP contribution in [0.2, 0.25) is 0 Å². The normalized spacial score (nSPS) is 16.4. The summed E-state index contributed by atoms with van der Waals surface area (Å²) in [4.78, 5) is 18.7. The van der Waals surface area contributed by atoms with Gasteiger partial charge in [-0.25, -0.2) is 13.4 Å². The maximum absolute atomic E-state index is 12.7. The van der Waals surface area contributed by atoms with Crippen molar-refractivity contribution in [3.63, 3.8) is 0 Å². The van der Waals surface area contributed by atoms with Gasteiger partial charge in [0.1, 0.15) is 5.69 Å². The van der Waals surface area contributed by atoms with Crippen molar-refractivity contribution in [3.05, 3.63) is 53.9 Å². The third kappa shape index (κ3) is 4.09. The summed E-state index contributed by atoms with van der Waals surface area (Å²) in [6.45, 7) is 4.22. The van der Waals surface area contributed by atoms with Crippen LogP contribution in [0.25, 0.3) is 0 Å². The summed E-state index contributed by atoms with van der Waals surface area (Å²) in [5, 5.41) is 2.73. The van der Waals surface area contributed by atoms with Gasteiger partial charge in [0.2, 0.25) is 10.0 Å². The maximum Gasteiger partial charge on any atom is 0.274 e. The third-order valence-corrected chi connectivity index (χ3v) is 6.25. The Hall–Kier alpha value is -2.29. The van der Waals surface area contributed by atoms with Gasteiger partial charge in [-0.3, -0.25) is 4.79 Å². The molecular formula is C18H22N4O3S. The molecule has 1 N–H and O–H groups in total. The third-order valence-electron chi connectivity index (χ3n) is 4.33. The molecule has 0 aliphatic carbocycles. The second kappa shape index (κ2) is 7.53. The molecule has 1 aromatic carbocycles. The molecule has 2 aromatic rings. The molecule has 0 bridgehead atoms. The predicted octanol–water partition coefficient (Wildman–Crippen LogP) is 1.58. The van der Waals surface area contributed by atoms with E-state index in [4.69, 9.17) is 0 Å². The Morgan fingerprint density at radius 2 is 1.69 bits per heavy atom. The summed E-state index contributed by atoms with van der Waals surface area (Å²) < 4.78 is 26.9. The number of carbonyl (C=O) groups is 1. The molecule has 0 spiro atoms. The summed E-state index contributed by atoms with van der Waals surface area (Å²) in [5.41, 5.74) is 1.60. The Morgan fingerprint density at radius 3 is 2.31 bits per heavy atom. The molecule has 1 saturated heterocycles. The van der Waals surface area contributed by atoms with Gasteiger partial charge in [-0.05, 0) is 50.4 Å². The molecule has 1 aromatic heterocycles. The van der Waals surface area contributed by atoms with Gasteiger partial charge in [-0.15, -0.1) is 0 Å². The minimum absolute atomic E-state index is 0.230. The van der Waals surface area contributed by atoms with Crippen LogP contribution in [0.3, 0.4) is 0 Å². The lowest BCUT2D eigenvalue weighted by Gasteiger charge is -2.31. The van der Waals surface area contributed by atoms with Crippen LogP contribution in [0, 0.1) is 6.92 Å². The molecule has 1 fully saturated rings. The zero-order valence-electron chi connectivity index (χ0n) is 14.8. The zero-order valence-corrected chi connectivity index (χ0v) is 15.7. The molecule has 0 saturated carbocycles. The molecule has 0 unspecified atom stereocenters. The Bertz CT molecular complexity index is 889. The van der Waals surface area contributed by atoms with Gasteiger partial charge < -0.3 is 10.2 Å². The topological polar surface area (TPSA) is 82.6 Å². The maximum atomic E-state index is 12.7. The van der Waals surface area contributed by atoms with Crippen LogP contribution < -0.4 is 5.32 Å². The van der Waals surface area contributed by atoms with Crippen molar-refractivity contribution < 1.29 is 13.2 Å². The largest absolute Gasteiger partial charge is 0.321 e. The fraction of sp³-hybridized carbons (Fsp3) is 0.333. The van der Waals surface area contributed by atoms with Crippen molar-refractivity contribution in [1.29, 1.82) is 0 Å². The van der Waals surface area contributed by atoms with E-state index in [1.807, 2.05) is 20.0 Å². The van der Waals surface area contributed by atoms with Gasteiger partial charge in [0.25, 0.3) is 5.91 Å². The van der Waals surface area contributed by atoms with Crippen LogP contribution in [-0.4, -0.2) is 61.7 Å². The number of pyridine rings is 1. The summed E-state index contributed by atoms with van der Waals surface area (Å²) in [6, 6.07) is 11.4. The van der Waals surface area contributed by atoms with Crippen molar-refractivity contribution in [3.8, 4) is 0 Å². The first-order valence-electron chi connectivity index (χ1n) is 8.40. The average Bonchev–Trinajstić information content (AvgIpc) is 2.62. The molecule has 1 amide bonds. The van der Waals surface area contributed by atoms with E-state index in [1.54, 1.807) is 24.3 Å². The molecular weight excluding hydrogens is 352 g/mol. The number of piperazine rings is 1. The number of carbonyl (C=O) groups excluding carboxylic acids is 1. The molecule has 7 nitrogen and oxygen atoms in total. The van der Waals surface area contributed by atoms with Crippen molar-refractivity contribution in [2.24, 2.45) is 0 Å². The highest BCUT2D eigenvalue weighted by Gasteiger charge is 2.27. The van der Waals surface area contributed by atoms with Crippen molar-refractivity contribution in [2.75, 3.05) is 38.5 Å². The number of rotatable bonds is 4. The van der Waals surface area contributed by atoms with Crippen molar-refractivity contribution in [1.82, 2.24) is 14.2 Å². The van der Waals surface area contributed by atoms with Crippen LogP contribution in [0.5, 0.6) is 0 Å². The van der Waals surface area contributed by atoms with Gasteiger partial charge in [0, 0.05) is 37.6 Å². The summed E-state index contributed by atoms with van der Waals surface area (Å²) in [6.07, 6.45) is 0. The van der Waals surface area contributed by atoms with Crippen LogP contribution in [0.1, 0.15) is 16.2 Å². The number of nitrogens with one attached hydrogen (secondary N) is 1. The molecule has 26 heavy (non-hydrogen) atoms. The number of likely N-dealkylation sites (N-methyl/N-ethyl adjacent to an activating group) is 1. The first-order chi connectivity index (χ1) is 12.4. The van der Waals surface area contributed by atoms with Crippen molar-refractivity contribution in [2.45, 2.75) is 11.8 Å². The quantitative estimate of drug-likeness (QED) is 0.879. The Balaban J connectivity index is 1.71. The van der Waals surface area contributed by atoms with Crippen LogP contribution >= 0.6 is 0 Å². The minimum Gasteiger partial charge on any atom is -0.321 e. The van der Waals surface area contributed by atoms with Gasteiger partial charge in [0.05, 0.1) is 4.90 Å². The lowest BCUT2D eigenvalue weighted by atomic mass is 10.2. The standard InChI is InChI=1S/C18H22N4O3S/c1-14-4-3-5-17(19-14)18(23)20-15-6-8-16(9-7-15)26(24,25)22-12-10-21(2)11-13-22/h3-9H,10-13H2,1-2H3,(H,20,23). The van der Waals surface area contributed by atoms with Gasteiger partial charge >= 0.3 is 0 Å². The number of aromatic nitrogens is 1. The van der Waals surface area contributed by atoms with Crippen LogP contribution in [0.15, 0.2) is 47.4 Å². The number of aryl methyl sites for hydroxylation is 1. The van der Waals surface area contributed by atoms with E-state index in [-0.39, 0.29) is 10.8 Å². The molecule has 0 radical (unpaired) electrons. The van der Waals surface area contributed by atoms with E-state index >= 15 is 0 Å². The lowest BCUT2D eigenvalue weighted by Crippen LogP contribution is -2.46. The summed E-state index contributed by atoms with van der Waals surface area (Å²) >= 11 is 0. The monoisotopic (exact) mass is 374 g/mol. The van der Waals surface area contributed by atoms with Gasteiger partial charge in [0.15, 0.2) is 0 Å². The lowest BCUT2D eigenvalue weighted by molar-refractivity contribution is 0.102. The predicted molar refractivity (Wildman–Crippen MR) is 99.6 cm³/mol. The molecule has 8 heteroatoms. The number of hydrogen-bond acceptors (Lipinski definition) is 5. The van der Waals surface area contributed by atoms with Crippen LogP contribution in [-0.2, 0) is 10.0 Å². The van der Waals surface area contributed by atoms with E-state index in [0.717, 1.165) is 18.8 Å². The Kier molecular flexibility index (Phi) is 5.36. The highest BCUT2D eigenvalue weighted by molar-refractivity contribution is 7.89. The Labute approximate surface area is 153 Å². The number of nitrogens with zero attached hydrogens (tertiary/aromatic N) is 3. The van der Waals surface area contributed by atoms with Gasteiger partial charge in [-0.2, -0.15) is 4.31 Å². The van der Waals surface area contributed by atoms with E-state index in [1.165, 1.54) is 16.4 Å². The number of benzene rings is 1. The van der Waals surface area contributed by atoms with Crippen LogP contribution in [0.4, 0.5) is 5.69 Å². The first-order valence-corrected chi connectivity index (χ1v) is 9.84. The Morgan fingerprint density at radius 1 is 1.04 bits per heavy atom. The van der Waals surface area contributed by atoms with E-state index < -0.39 is 10.0 Å². The highest BCUT2D eigenvalue weighted by atomic mass is 32.2. The number of sulfonamides is 1. The van der Waals surface area contributed by atoms with Gasteiger partial charge in [-0.1, -0.05) is 6.07 Å².